The summed E-state index contributed by atoms with van der Waals surface area (Å²) in [6.07, 6.45) is 1.52. The van der Waals surface area contributed by atoms with Crippen molar-refractivity contribution in [3.8, 4) is 11.6 Å². The first-order valence-electron chi connectivity index (χ1n) is 8.72. The van der Waals surface area contributed by atoms with Crippen molar-refractivity contribution >= 4 is 33.4 Å². The van der Waals surface area contributed by atoms with Gasteiger partial charge in [0, 0.05) is 28.0 Å². The Balaban J connectivity index is 1.52. The Morgan fingerprint density at radius 3 is 2.66 bits per heavy atom. The topological polar surface area (TPSA) is 98.8 Å². The van der Waals surface area contributed by atoms with E-state index in [0.29, 0.717) is 22.9 Å². The number of ether oxygens (including phenoxy) is 1. The van der Waals surface area contributed by atoms with E-state index in [1.165, 1.54) is 6.20 Å². The van der Waals surface area contributed by atoms with E-state index in [2.05, 4.69) is 31.4 Å². The molecule has 3 rings (SSSR count). The number of amidine groups is 1. The molecule has 29 heavy (non-hydrogen) atoms. The number of rotatable bonds is 7. The molecular formula is C21H19BrN4O3. The predicted molar refractivity (Wildman–Crippen MR) is 115 cm³/mol. The quantitative estimate of drug-likeness (QED) is 0.316. The maximum atomic E-state index is 12.0. The lowest BCUT2D eigenvalue weighted by Crippen LogP contribution is -2.20. The highest BCUT2D eigenvalue weighted by atomic mass is 79.9. The van der Waals surface area contributed by atoms with E-state index >= 15 is 0 Å². The van der Waals surface area contributed by atoms with Gasteiger partial charge in [-0.05, 0) is 48.9 Å². The summed E-state index contributed by atoms with van der Waals surface area (Å²) in [4.78, 5) is 21.2. The fraction of sp³-hybridized carbons (Fsp3) is 0.0952. The second kappa shape index (κ2) is 9.70. The number of nitrogens with one attached hydrogen (secondary N) is 1. The number of pyridine rings is 1. The minimum Gasteiger partial charge on any atom is -0.439 e. The number of amides is 1. The largest absolute Gasteiger partial charge is 0.439 e. The SMILES string of the molecule is Cc1cc(Br)ccc1NC(=O)CO/N=C(\N)c1ccc(Oc2ccccc2)nc1. The molecule has 148 valence electrons. The van der Waals surface area contributed by atoms with Gasteiger partial charge in [0.25, 0.3) is 5.91 Å². The molecule has 0 aliphatic heterocycles. The second-order valence-electron chi connectivity index (χ2n) is 6.06. The average molecular weight is 455 g/mol. The molecule has 3 aromatic rings. The highest BCUT2D eigenvalue weighted by Gasteiger charge is 2.07. The van der Waals surface area contributed by atoms with Crippen molar-refractivity contribution in [2.75, 3.05) is 11.9 Å². The fourth-order valence-corrected chi connectivity index (χ4v) is 2.84. The van der Waals surface area contributed by atoms with Gasteiger partial charge in [0.05, 0.1) is 0 Å². The third kappa shape index (κ3) is 6.05. The van der Waals surface area contributed by atoms with Gasteiger partial charge in [-0.3, -0.25) is 4.79 Å². The van der Waals surface area contributed by atoms with Crippen LogP contribution in [-0.2, 0) is 9.63 Å². The molecule has 1 heterocycles. The van der Waals surface area contributed by atoms with Crippen molar-refractivity contribution in [1.82, 2.24) is 4.98 Å². The molecule has 1 amide bonds. The molecule has 0 unspecified atom stereocenters. The molecule has 8 heteroatoms. The van der Waals surface area contributed by atoms with E-state index in [1.807, 2.05) is 49.4 Å². The Labute approximate surface area is 176 Å². The zero-order valence-corrected chi connectivity index (χ0v) is 17.2. The summed E-state index contributed by atoms with van der Waals surface area (Å²) < 4.78 is 6.56. The van der Waals surface area contributed by atoms with Crippen molar-refractivity contribution in [3.63, 3.8) is 0 Å². The summed E-state index contributed by atoms with van der Waals surface area (Å²) in [7, 11) is 0. The van der Waals surface area contributed by atoms with Gasteiger partial charge in [-0.2, -0.15) is 0 Å². The van der Waals surface area contributed by atoms with E-state index in [-0.39, 0.29) is 18.3 Å². The van der Waals surface area contributed by atoms with Gasteiger partial charge in [-0.1, -0.05) is 39.3 Å². The summed E-state index contributed by atoms with van der Waals surface area (Å²) in [6.45, 7) is 1.63. The number of nitrogens with two attached hydrogens (primary N) is 1. The lowest BCUT2D eigenvalue weighted by atomic mass is 10.2. The van der Waals surface area contributed by atoms with Crippen molar-refractivity contribution < 1.29 is 14.4 Å². The van der Waals surface area contributed by atoms with E-state index in [9.17, 15) is 4.79 Å². The van der Waals surface area contributed by atoms with Crippen molar-refractivity contribution in [3.05, 3.63) is 82.5 Å². The number of carbonyl (C=O) groups excluding carboxylic acids is 1. The zero-order chi connectivity index (χ0) is 20.6. The van der Waals surface area contributed by atoms with Crippen molar-refractivity contribution in [1.29, 1.82) is 0 Å². The van der Waals surface area contributed by atoms with Crippen LogP contribution in [0.5, 0.6) is 11.6 Å². The number of hydrogen-bond donors (Lipinski definition) is 2. The minimum atomic E-state index is -0.336. The molecule has 0 spiro atoms. The molecule has 0 saturated heterocycles. The third-order valence-corrected chi connectivity index (χ3v) is 4.31. The number of aromatic nitrogens is 1. The normalized spacial score (nSPS) is 11.0. The van der Waals surface area contributed by atoms with Crippen LogP contribution >= 0.6 is 15.9 Å². The molecule has 0 aliphatic rings. The number of oxime groups is 1. The number of para-hydroxylation sites is 1. The van der Waals surface area contributed by atoms with Crippen LogP contribution in [0.15, 0.2) is 76.5 Å². The summed E-state index contributed by atoms with van der Waals surface area (Å²) >= 11 is 3.38. The molecule has 0 saturated carbocycles. The Bertz CT molecular complexity index is 1010. The number of halogens is 1. The predicted octanol–water partition coefficient (Wildman–Crippen LogP) is 4.22. The van der Waals surface area contributed by atoms with Gasteiger partial charge < -0.3 is 20.6 Å². The van der Waals surface area contributed by atoms with Crippen molar-refractivity contribution in [2.24, 2.45) is 10.9 Å². The Morgan fingerprint density at radius 2 is 1.97 bits per heavy atom. The zero-order valence-electron chi connectivity index (χ0n) is 15.6. The highest BCUT2D eigenvalue weighted by molar-refractivity contribution is 9.10. The number of nitrogens with zero attached hydrogens (tertiary/aromatic N) is 2. The van der Waals surface area contributed by atoms with Crippen LogP contribution in [0.4, 0.5) is 5.69 Å². The number of hydrogen-bond acceptors (Lipinski definition) is 5. The standard InChI is InChI=1S/C21H19BrN4O3/c1-14-11-16(22)8-9-18(14)25-19(27)13-28-26-21(23)15-7-10-20(24-12-15)29-17-5-3-2-4-6-17/h2-12H,13H2,1H3,(H2,23,26)(H,25,27). The first-order valence-corrected chi connectivity index (χ1v) is 9.51. The lowest BCUT2D eigenvalue weighted by Gasteiger charge is -2.08. The number of anilines is 1. The molecule has 7 nitrogen and oxygen atoms in total. The van der Waals surface area contributed by atoms with Crippen LogP contribution < -0.4 is 15.8 Å². The van der Waals surface area contributed by atoms with E-state index in [0.717, 1.165) is 10.0 Å². The smallest absolute Gasteiger partial charge is 0.265 e. The molecule has 0 atom stereocenters. The van der Waals surface area contributed by atoms with Crippen molar-refractivity contribution in [2.45, 2.75) is 6.92 Å². The van der Waals surface area contributed by atoms with Gasteiger partial charge in [0.2, 0.25) is 5.88 Å². The van der Waals surface area contributed by atoms with Crippen LogP contribution in [-0.4, -0.2) is 23.3 Å². The summed E-state index contributed by atoms with van der Waals surface area (Å²) in [5, 5.41) is 6.53. The molecule has 0 aliphatic carbocycles. The second-order valence-corrected chi connectivity index (χ2v) is 6.97. The molecule has 0 bridgehead atoms. The molecule has 0 fully saturated rings. The highest BCUT2D eigenvalue weighted by Crippen LogP contribution is 2.20. The van der Waals surface area contributed by atoms with Gasteiger partial charge >= 0.3 is 0 Å². The first-order chi connectivity index (χ1) is 14.0. The molecule has 3 N–H and O–H groups in total. The minimum absolute atomic E-state index is 0.108. The number of aryl methyl sites for hydroxylation is 1. The number of carbonyl (C=O) groups is 1. The maximum Gasteiger partial charge on any atom is 0.265 e. The Kier molecular flexibility index (Phi) is 6.80. The third-order valence-electron chi connectivity index (χ3n) is 3.82. The molecule has 1 aromatic heterocycles. The lowest BCUT2D eigenvalue weighted by molar-refractivity contribution is -0.120. The van der Waals surface area contributed by atoms with Crippen LogP contribution in [0.1, 0.15) is 11.1 Å². The van der Waals surface area contributed by atoms with Gasteiger partial charge in [0.15, 0.2) is 12.4 Å². The van der Waals surface area contributed by atoms with E-state index in [4.69, 9.17) is 15.3 Å². The van der Waals surface area contributed by atoms with Crippen LogP contribution in [0.3, 0.4) is 0 Å². The average Bonchev–Trinajstić information content (AvgIpc) is 2.71. The molecular weight excluding hydrogens is 436 g/mol. The number of benzene rings is 2. The van der Waals surface area contributed by atoms with Gasteiger partial charge in [-0.15, -0.1) is 0 Å². The van der Waals surface area contributed by atoms with Crippen LogP contribution in [0.25, 0.3) is 0 Å². The van der Waals surface area contributed by atoms with Gasteiger partial charge in [-0.25, -0.2) is 4.98 Å². The Hall–Kier alpha value is -3.39. The van der Waals surface area contributed by atoms with Crippen LogP contribution in [0, 0.1) is 6.92 Å². The molecule has 2 aromatic carbocycles. The van der Waals surface area contributed by atoms with Gasteiger partial charge in [0.1, 0.15) is 5.75 Å². The van der Waals surface area contributed by atoms with E-state index < -0.39 is 0 Å². The Morgan fingerprint density at radius 1 is 1.17 bits per heavy atom. The summed E-state index contributed by atoms with van der Waals surface area (Å²) in [5.74, 6) is 0.885. The monoisotopic (exact) mass is 454 g/mol. The fourth-order valence-electron chi connectivity index (χ4n) is 2.37. The first kappa shape index (κ1) is 20.3. The summed E-state index contributed by atoms with van der Waals surface area (Å²) in [6, 6.07) is 18.3. The summed E-state index contributed by atoms with van der Waals surface area (Å²) in [5.41, 5.74) is 8.07. The van der Waals surface area contributed by atoms with Crippen LogP contribution in [0.2, 0.25) is 0 Å². The molecule has 0 radical (unpaired) electrons. The maximum absolute atomic E-state index is 12.0. The van der Waals surface area contributed by atoms with E-state index in [1.54, 1.807) is 18.2 Å².